The van der Waals surface area contributed by atoms with Crippen molar-refractivity contribution in [2.45, 2.75) is 43.7 Å². The van der Waals surface area contributed by atoms with Crippen molar-refractivity contribution >= 4 is 10.9 Å². The van der Waals surface area contributed by atoms with Crippen molar-refractivity contribution < 1.29 is 0 Å². The zero-order chi connectivity index (χ0) is 14.0. The highest BCUT2D eigenvalue weighted by molar-refractivity contribution is 5.88. The van der Waals surface area contributed by atoms with Crippen LogP contribution in [0.25, 0.3) is 10.9 Å². The van der Waals surface area contributed by atoms with E-state index < -0.39 is 0 Å². The maximum atomic E-state index is 6.40. The molecule has 0 radical (unpaired) electrons. The molecule has 3 N–H and O–H groups in total. The highest BCUT2D eigenvalue weighted by Gasteiger charge is 2.41. The molecule has 1 aromatic heterocycles. The Labute approximate surface area is 125 Å². The molecule has 3 atom stereocenters. The zero-order valence-corrected chi connectivity index (χ0v) is 12.4. The van der Waals surface area contributed by atoms with E-state index in [0.29, 0.717) is 18.0 Å². The molecule has 2 heterocycles. The first kappa shape index (κ1) is 12.2. The van der Waals surface area contributed by atoms with Crippen molar-refractivity contribution in [1.82, 2.24) is 9.88 Å². The molecule has 1 saturated heterocycles. The molecule has 1 saturated carbocycles. The fourth-order valence-corrected chi connectivity index (χ4v) is 4.68. The third-order valence-electron chi connectivity index (χ3n) is 5.80. The first-order valence-electron chi connectivity index (χ1n) is 8.38. The molecule has 110 valence electrons. The summed E-state index contributed by atoms with van der Waals surface area (Å²) >= 11 is 0. The van der Waals surface area contributed by atoms with Crippen LogP contribution in [-0.4, -0.2) is 35.1 Å². The third-order valence-corrected chi connectivity index (χ3v) is 5.80. The highest BCUT2D eigenvalue weighted by Crippen LogP contribution is 2.44. The topological polar surface area (TPSA) is 45.1 Å². The van der Waals surface area contributed by atoms with Gasteiger partial charge in [-0.05, 0) is 48.8 Å². The number of hydrogen-bond acceptors (Lipinski definition) is 2. The van der Waals surface area contributed by atoms with Crippen molar-refractivity contribution in [2.75, 3.05) is 13.1 Å². The van der Waals surface area contributed by atoms with Gasteiger partial charge in [0, 0.05) is 48.2 Å². The van der Waals surface area contributed by atoms with Gasteiger partial charge in [-0.1, -0.05) is 12.1 Å². The smallest absolute Gasteiger partial charge is 0.0459 e. The van der Waals surface area contributed by atoms with Gasteiger partial charge in [0.25, 0.3) is 0 Å². The van der Waals surface area contributed by atoms with Crippen molar-refractivity contribution in [1.29, 1.82) is 0 Å². The van der Waals surface area contributed by atoms with Gasteiger partial charge in [-0.3, -0.25) is 4.90 Å². The van der Waals surface area contributed by atoms with E-state index in [1.807, 2.05) is 0 Å². The van der Waals surface area contributed by atoms with E-state index in [0.717, 1.165) is 18.9 Å². The van der Waals surface area contributed by atoms with Gasteiger partial charge in [0.1, 0.15) is 0 Å². The number of aromatic amines is 1. The Morgan fingerprint density at radius 1 is 1.29 bits per heavy atom. The molecule has 1 aliphatic heterocycles. The molecule has 1 aromatic carbocycles. The maximum absolute atomic E-state index is 6.40. The van der Waals surface area contributed by atoms with Gasteiger partial charge in [0.15, 0.2) is 0 Å². The predicted molar refractivity (Wildman–Crippen MR) is 85.4 cm³/mol. The van der Waals surface area contributed by atoms with Crippen LogP contribution in [0, 0.1) is 5.92 Å². The molecule has 3 aliphatic rings. The number of aromatic nitrogens is 1. The first-order chi connectivity index (χ1) is 10.3. The average molecular weight is 281 g/mol. The van der Waals surface area contributed by atoms with E-state index in [1.54, 1.807) is 0 Å². The van der Waals surface area contributed by atoms with Crippen LogP contribution in [0.3, 0.4) is 0 Å². The maximum Gasteiger partial charge on any atom is 0.0459 e. The second kappa shape index (κ2) is 4.34. The number of nitrogens with one attached hydrogen (secondary N) is 1. The number of rotatable bonds is 2. The third kappa shape index (κ3) is 1.87. The van der Waals surface area contributed by atoms with Crippen molar-refractivity contribution in [2.24, 2.45) is 11.7 Å². The minimum absolute atomic E-state index is 0.334. The molecule has 5 rings (SSSR count). The van der Waals surface area contributed by atoms with Crippen LogP contribution in [-0.2, 0) is 6.42 Å². The lowest BCUT2D eigenvalue weighted by atomic mass is 9.74. The van der Waals surface area contributed by atoms with Crippen LogP contribution in [0.15, 0.2) is 24.4 Å². The fraction of sp³-hybridized carbons (Fsp3) is 0.556. The predicted octanol–water partition coefficient (Wildman–Crippen LogP) is 2.62. The number of piperidine rings is 1. The van der Waals surface area contributed by atoms with Gasteiger partial charge in [0.05, 0.1) is 0 Å². The molecule has 2 aromatic rings. The second-order valence-electron chi connectivity index (χ2n) is 7.35. The van der Waals surface area contributed by atoms with E-state index >= 15 is 0 Å². The number of H-pyrrole nitrogens is 1. The Morgan fingerprint density at radius 3 is 3.05 bits per heavy atom. The molecule has 21 heavy (non-hydrogen) atoms. The minimum Gasteiger partial charge on any atom is -0.361 e. The number of likely N-dealkylation sites (tertiary alicyclic amines) is 1. The summed E-state index contributed by atoms with van der Waals surface area (Å²) in [6.45, 7) is 2.36. The lowest BCUT2D eigenvalue weighted by molar-refractivity contribution is 0.105. The summed E-state index contributed by atoms with van der Waals surface area (Å²) in [7, 11) is 0. The fourth-order valence-electron chi connectivity index (χ4n) is 4.68. The Hall–Kier alpha value is -1.32. The molecule has 0 spiro atoms. The van der Waals surface area contributed by atoms with Gasteiger partial charge < -0.3 is 10.7 Å². The van der Waals surface area contributed by atoms with E-state index in [1.165, 1.54) is 47.8 Å². The summed E-state index contributed by atoms with van der Waals surface area (Å²) in [5, 5.41) is 1.49. The van der Waals surface area contributed by atoms with Crippen LogP contribution < -0.4 is 5.73 Å². The molecule has 0 bridgehead atoms. The van der Waals surface area contributed by atoms with Crippen LogP contribution in [0.2, 0.25) is 0 Å². The summed E-state index contributed by atoms with van der Waals surface area (Å²) in [6.07, 6.45) is 7.42. The quantitative estimate of drug-likeness (QED) is 0.889. The summed E-state index contributed by atoms with van der Waals surface area (Å²) in [6, 6.07) is 7.74. The van der Waals surface area contributed by atoms with Gasteiger partial charge in [0.2, 0.25) is 0 Å². The summed E-state index contributed by atoms with van der Waals surface area (Å²) < 4.78 is 0. The largest absolute Gasteiger partial charge is 0.361 e. The Kier molecular flexibility index (Phi) is 2.53. The Bertz CT molecular complexity index is 683. The van der Waals surface area contributed by atoms with Crippen molar-refractivity contribution in [3.63, 3.8) is 0 Å². The van der Waals surface area contributed by atoms with Crippen molar-refractivity contribution in [3.05, 3.63) is 35.5 Å². The van der Waals surface area contributed by atoms with Crippen molar-refractivity contribution in [3.8, 4) is 0 Å². The number of benzene rings is 1. The molecule has 1 unspecified atom stereocenters. The lowest BCUT2D eigenvalue weighted by Gasteiger charge is -2.46. The molecule has 3 heteroatoms. The highest BCUT2D eigenvalue weighted by atomic mass is 15.2. The van der Waals surface area contributed by atoms with E-state index in [2.05, 4.69) is 34.3 Å². The summed E-state index contributed by atoms with van der Waals surface area (Å²) in [5.41, 5.74) is 10.8. The SMILES string of the molecule is N[C@H]1CC2c3cccc4[nH]cc(c34)C[C@H]2N(CC2CC2)C1. The van der Waals surface area contributed by atoms with E-state index in [-0.39, 0.29) is 0 Å². The monoisotopic (exact) mass is 281 g/mol. The standard InChI is InChI=1S/C18H23N3/c19-13-7-15-14-2-1-3-16-18(14)12(8-20-16)6-17(15)21(10-13)9-11-4-5-11/h1-3,8,11,13,15,17,20H,4-7,9-10,19H2/t13-,15?,17+/m0/s1. The normalized spacial score (nSPS) is 32.3. The van der Waals surface area contributed by atoms with Crippen LogP contribution in [0.4, 0.5) is 0 Å². The molecule has 2 fully saturated rings. The number of fused-ring (bicyclic) bond motifs is 2. The Morgan fingerprint density at radius 2 is 2.19 bits per heavy atom. The average Bonchev–Trinajstić information content (AvgIpc) is 3.20. The van der Waals surface area contributed by atoms with Gasteiger partial charge in [-0.2, -0.15) is 0 Å². The zero-order valence-electron chi connectivity index (χ0n) is 12.4. The lowest BCUT2D eigenvalue weighted by Crippen LogP contribution is -2.54. The summed E-state index contributed by atoms with van der Waals surface area (Å²) in [4.78, 5) is 6.17. The van der Waals surface area contributed by atoms with Crippen LogP contribution in [0.1, 0.15) is 36.3 Å². The van der Waals surface area contributed by atoms with E-state index in [4.69, 9.17) is 5.73 Å². The molecular formula is C18H23N3. The minimum atomic E-state index is 0.334. The van der Waals surface area contributed by atoms with Crippen LogP contribution >= 0.6 is 0 Å². The first-order valence-corrected chi connectivity index (χ1v) is 8.38. The van der Waals surface area contributed by atoms with Crippen LogP contribution in [0.5, 0.6) is 0 Å². The Balaban J connectivity index is 1.59. The van der Waals surface area contributed by atoms with Gasteiger partial charge >= 0.3 is 0 Å². The van der Waals surface area contributed by atoms with E-state index in [9.17, 15) is 0 Å². The molecule has 0 amide bonds. The molecule has 3 nitrogen and oxygen atoms in total. The molecule has 2 aliphatic carbocycles. The number of nitrogens with two attached hydrogens (primary N) is 1. The summed E-state index contributed by atoms with van der Waals surface area (Å²) in [5.74, 6) is 1.57. The second-order valence-corrected chi connectivity index (χ2v) is 7.35. The number of nitrogens with zero attached hydrogens (tertiary/aromatic N) is 1. The molecular weight excluding hydrogens is 258 g/mol. The van der Waals surface area contributed by atoms with Gasteiger partial charge in [-0.15, -0.1) is 0 Å². The van der Waals surface area contributed by atoms with Gasteiger partial charge in [-0.25, -0.2) is 0 Å². The number of hydrogen-bond donors (Lipinski definition) is 2.